The van der Waals surface area contributed by atoms with Crippen LogP contribution >= 0.6 is 0 Å². The van der Waals surface area contributed by atoms with Crippen LogP contribution in [-0.4, -0.2) is 39.1 Å². The minimum atomic E-state index is -0.283. The molecule has 2 amide bonds. The van der Waals surface area contributed by atoms with Crippen LogP contribution in [0, 0.1) is 5.92 Å². The van der Waals surface area contributed by atoms with Crippen molar-refractivity contribution in [1.82, 2.24) is 20.1 Å². The Balaban J connectivity index is 1.74. The Kier molecular flexibility index (Phi) is 6.56. The zero-order valence-electron chi connectivity index (χ0n) is 13.3. The first-order valence-corrected chi connectivity index (χ1v) is 7.75. The third-order valence-electron chi connectivity index (χ3n) is 3.49. The summed E-state index contributed by atoms with van der Waals surface area (Å²) in [5.41, 5.74) is 1.20. The maximum Gasteiger partial charge on any atom is 0.320 e. The molecule has 0 saturated carbocycles. The maximum atomic E-state index is 11.8. The lowest BCUT2D eigenvalue weighted by Crippen LogP contribution is -2.32. The molecule has 1 unspecified atom stereocenters. The lowest BCUT2D eigenvalue weighted by molar-refractivity contribution is 0.243. The van der Waals surface area contributed by atoms with Crippen molar-refractivity contribution >= 4 is 11.8 Å². The van der Waals surface area contributed by atoms with E-state index < -0.39 is 0 Å². The molecule has 3 N–H and O–H groups in total. The molecule has 1 atom stereocenters. The fourth-order valence-electron chi connectivity index (χ4n) is 2.10. The number of rotatable bonds is 8. The van der Waals surface area contributed by atoms with E-state index >= 15 is 0 Å². The van der Waals surface area contributed by atoms with Crippen molar-refractivity contribution in [2.75, 3.05) is 18.5 Å². The number of aryl methyl sites for hydroxylation is 2. The van der Waals surface area contributed by atoms with Gasteiger partial charge in [0.1, 0.15) is 0 Å². The molecule has 0 aliphatic carbocycles. The van der Waals surface area contributed by atoms with E-state index in [1.165, 1.54) is 5.56 Å². The van der Waals surface area contributed by atoms with Crippen molar-refractivity contribution in [2.24, 2.45) is 5.92 Å². The average molecular weight is 317 g/mol. The van der Waals surface area contributed by atoms with Gasteiger partial charge in [0.15, 0.2) is 5.82 Å². The Labute approximate surface area is 135 Å². The maximum absolute atomic E-state index is 11.8. The van der Waals surface area contributed by atoms with E-state index in [-0.39, 0.29) is 18.6 Å². The highest BCUT2D eigenvalue weighted by molar-refractivity contribution is 5.88. The summed E-state index contributed by atoms with van der Waals surface area (Å²) >= 11 is 0. The molecule has 0 spiro atoms. The smallest absolute Gasteiger partial charge is 0.320 e. The minimum Gasteiger partial charge on any atom is -0.396 e. The first-order chi connectivity index (χ1) is 11.2. The molecule has 0 bridgehead atoms. The molecule has 0 aliphatic heterocycles. The highest BCUT2D eigenvalue weighted by atomic mass is 16.3. The number of urea groups is 1. The number of aromatic nitrogens is 3. The summed E-state index contributed by atoms with van der Waals surface area (Å²) < 4.78 is 1.80. The van der Waals surface area contributed by atoms with Crippen molar-refractivity contribution < 1.29 is 9.90 Å². The predicted molar refractivity (Wildman–Crippen MR) is 88.1 cm³/mol. The predicted octanol–water partition coefficient (Wildman–Crippen LogP) is 1.66. The van der Waals surface area contributed by atoms with Gasteiger partial charge in [0.25, 0.3) is 0 Å². The van der Waals surface area contributed by atoms with Crippen LogP contribution in [0.5, 0.6) is 0 Å². The van der Waals surface area contributed by atoms with E-state index in [1.54, 1.807) is 23.1 Å². The third-order valence-corrected chi connectivity index (χ3v) is 3.49. The largest absolute Gasteiger partial charge is 0.396 e. The number of amides is 2. The summed E-state index contributed by atoms with van der Waals surface area (Å²) in [6.45, 7) is 3.37. The number of nitrogens with one attached hydrogen (secondary N) is 2. The van der Waals surface area contributed by atoms with E-state index in [2.05, 4.69) is 20.7 Å². The molecule has 0 radical (unpaired) electrons. The van der Waals surface area contributed by atoms with Crippen LogP contribution < -0.4 is 10.6 Å². The van der Waals surface area contributed by atoms with Crippen LogP contribution in [0.1, 0.15) is 18.9 Å². The molecule has 2 aromatic rings. The topological polar surface area (TPSA) is 92.1 Å². The molecule has 0 aliphatic rings. The van der Waals surface area contributed by atoms with Gasteiger partial charge < -0.3 is 10.4 Å². The summed E-state index contributed by atoms with van der Waals surface area (Å²) in [5, 5.41) is 18.6. The molecule has 0 fully saturated rings. The fourth-order valence-corrected chi connectivity index (χ4v) is 2.10. The molecule has 7 nitrogen and oxygen atoms in total. The van der Waals surface area contributed by atoms with Gasteiger partial charge in [-0.25, -0.2) is 4.79 Å². The summed E-state index contributed by atoms with van der Waals surface area (Å²) in [7, 11) is 0. The highest BCUT2D eigenvalue weighted by Crippen LogP contribution is 2.05. The molecule has 2 aromatic heterocycles. The number of carbonyl (C=O) groups is 1. The Morgan fingerprint density at radius 1 is 1.35 bits per heavy atom. The van der Waals surface area contributed by atoms with E-state index in [1.807, 2.05) is 25.3 Å². The number of carbonyl (C=O) groups excluding carboxylic acids is 1. The lowest BCUT2D eigenvalue weighted by Gasteiger charge is -2.11. The second kappa shape index (κ2) is 8.89. The number of anilines is 1. The molecule has 0 saturated heterocycles. The fraction of sp³-hybridized carbons (Fsp3) is 0.438. The van der Waals surface area contributed by atoms with Crippen molar-refractivity contribution in [2.45, 2.75) is 26.3 Å². The van der Waals surface area contributed by atoms with Gasteiger partial charge in [-0.3, -0.25) is 15.0 Å². The van der Waals surface area contributed by atoms with E-state index in [9.17, 15) is 4.79 Å². The van der Waals surface area contributed by atoms with E-state index in [0.717, 1.165) is 13.0 Å². The zero-order valence-corrected chi connectivity index (χ0v) is 13.3. The summed E-state index contributed by atoms with van der Waals surface area (Å²) in [6, 6.07) is 5.44. The van der Waals surface area contributed by atoms with Gasteiger partial charge in [-0.2, -0.15) is 5.10 Å². The van der Waals surface area contributed by atoms with Crippen molar-refractivity contribution in [3.05, 3.63) is 42.4 Å². The van der Waals surface area contributed by atoms with Gasteiger partial charge in [-0.15, -0.1) is 0 Å². The number of pyridine rings is 1. The first kappa shape index (κ1) is 17.0. The minimum absolute atomic E-state index is 0.131. The number of nitrogens with zero attached hydrogens (tertiary/aromatic N) is 3. The van der Waals surface area contributed by atoms with E-state index in [0.29, 0.717) is 18.8 Å². The van der Waals surface area contributed by atoms with Crippen LogP contribution in [0.3, 0.4) is 0 Å². The normalized spacial score (nSPS) is 11.9. The van der Waals surface area contributed by atoms with Crippen LogP contribution in [0.25, 0.3) is 0 Å². The van der Waals surface area contributed by atoms with Gasteiger partial charge in [0, 0.05) is 44.4 Å². The number of hydrogen-bond donors (Lipinski definition) is 3. The Bertz CT molecular complexity index is 600. The van der Waals surface area contributed by atoms with Crippen LogP contribution in [0.15, 0.2) is 36.8 Å². The van der Waals surface area contributed by atoms with Gasteiger partial charge in [-0.1, -0.05) is 6.92 Å². The molecule has 7 heteroatoms. The summed E-state index contributed by atoms with van der Waals surface area (Å²) in [5.74, 6) is 0.760. The van der Waals surface area contributed by atoms with Crippen LogP contribution in [0.4, 0.5) is 10.6 Å². The summed E-state index contributed by atoms with van der Waals surface area (Å²) in [6.07, 6.45) is 6.91. The van der Waals surface area contributed by atoms with Crippen molar-refractivity contribution in [3.63, 3.8) is 0 Å². The highest BCUT2D eigenvalue weighted by Gasteiger charge is 2.07. The molecule has 0 aromatic carbocycles. The Morgan fingerprint density at radius 3 is 2.87 bits per heavy atom. The van der Waals surface area contributed by atoms with Gasteiger partial charge in [0.05, 0.1) is 0 Å². The van der Waals surface area contributed by atoms with Crippen molar-refractivity contribution in [1.29, 1.82) is 0 Å². The number of hydrogen-bond acceptors (Lipinski definition) is 4. The lowest BCUT2D eigenvalue weighted by atomic mass is 10.1. The molecular weight excluding hydrogens is 294 g/mol. The average Bonchev–Trinajstić information content (AvgIpc) is 3.00. The van der Waals surface area contributed by atoms with Crippen LogP contribution in [-0.2, 0) is 13.0 Å². The standard InChI is InChI=1S/C16H23N5O2/c1-13(6-11-22)12-18-16(23)19-15-5-10-21(20-15)9-4-14-2-7-17-8-3-14/h2-3,5,7-8,10,13,22H,4,6,9,11-12H2,1H3,(H2,18,19,20,23). The quantitative estimate of drug-likeness (QED) is 0.690. The Hall–Kier alpha value is -2.41. The van der Waals surface area contributed by atoms with Gasteiger partial charge in [0.2, 0.25) is 0 Å². The molecule has 23 heavy (non-hydrogen) atoms. The molecular formula is C16H23N5O2. The Morgan fingerprint density at radius 2 is 2.13 bits per heavy atom. The number of aliphatic hydroxyl groups is 1. The first-order valence-electron chi connectivity index (χ1n) is 7.75. The van der Waals surface area contributed by atoms with Gasteiger partial charge >= 0.3 is 6.03 Å². The zero-order chi connectivity index (χ0) is 16.5. The van der Waals surface area contributed by atoms with E-state index in [4.69, 9.17) is 5.11 Å². The molecule has 2 rings (SSSR count). The second-order valence-electron chi connectivity index (χ2n) is 5.52. The molecule has 2 heterocycles. The summed E-state index contributed by atoms with van der Waals surface area (Å²) in [4.78, 5) is 15.8. The van der Waals surface area contributed by atoms with Gasteiger partial charge in [-0.05, 0) is 36.5 Å². The van der Waals surface area contributed by atoms with Crippen LogP contribution in [0.2, 0.25) is 0 Å². The molecule has 124 valence electrons. The third kappa shape index (κ3) is 6.07. The van der Waals surface area contributed by atoms with Crippen molar-refractivity contribution in [3.8, 4) is 0 Å². The monoisotopic (exact) mass is 317 g/mol. The second-order valence-corrected chi connectivity index (χ2v) is 5.52. The SMILES string of the molecule is CC(CCO)CNC(=O)Nc1ccn(CCc2ccncc2)n1. The number of aliphatic hydroxyl groups excluding tert-OH is 1.